The van der Waals surface area contributed by atoms with Gasteiger partial charge in [-0.15, -0.1) is 0 Å². The van der Waals surface area contributed by atoms with Gasteiger partial charge in [-0.3, -0.25) is 9.69 Å². The summed E-state index contributed by atoms with van der Waals surface area (Å²) in [4.78, 5) is 31.6. The molecular formula is C21H27ClN6O3. The zero-order valence-corrected chi connectivity index (χ0v) is 18.9. The Labute approximate surface area is 185 Å². The third kappa shape index (κ3) is 4.44. The summed E-state index contributed by atoms with van der Waals surface area (Å²) in [5.74, 6) is 0.798. The highest BCUT2D eigenvalue weighted by molar-refractivity contribution is 6.29. The largest absolute Gasteiger partial charge is 0.432 e. The summed E-state index contributed by atoms with van der Waals surface area (Å²) in [6.45, 7) is 9.38. The second-order valence-corrected chi connectivity index (χ2v) is 7.89. The molecular weight excluding hydrogens is 420 g/mol. The SMILES string of the molecule is CCN1CCN(Cc2cnc3oc4c(N(CC)CCOC)nc(Cl)nc4c3c2)CC1=O. The fourth-order valence-electron chi connectivity index (χ4n) is 3.93. The first-order valence-electron chi connectivity index (χ1n) is 10.5. The molecule has 4 heterocycles. The van der Waals surface area contributed by atoms with Gasteiger partial charge in [0.05, 0.1) is 18.5 Å². The molecule has 10 heteroatoms. The van der Waals surface area contributed by atoms with Crippen LogP contribution in [0.5, 0.6) is 0 Å². The number of fused-ring (bicyclic) bond motifs is 3. The van der Waals surface area contributed by atoms with E-state index in [1.807, 2.05) is 29.7 Å². The fourth-order valence-corrected chi connectivity index (χ4v) is 4.10. The number of furan rings is 1. The highest BCUT2D eigenvalue weighted by Gasteiger charge is 2.24. The molecule has 1 saturated heterocycles. The molecule has 0 spiro atoms. The van der Waals surface area contributed by atoms with E-state index in [9.17, 15) is 4.79 Å². The van der Waals surface area contributed by atoms with Crippen molar-refractivity contribution in [2.45, 2.75) is 20.4 Å². The van der Waals surface area contributed by atoms with E-state index >= 15 is 0 Å². The Morgan fingerprint density at radius 2 is 2.13 bits per heavy atom. The summed E-state index contributed by atoms with van der Waals surface area (Å²) >= 11 is 6.26. The van der Waals surface area contributed by atoms with Gasteiger partial charge in [-0.25, -0.2) is 9.97 Å². The number of rotatable bonds is 8. The maximum Gasteiger partial charge on any atom is 0.236 e. The highest BCUT2D eigenvalue weighted by Crippen LogP contribution is 2.33. The van der Waals surface area contributed by atoms with Crippen LogP contribution in [0, 0.1) is 0 Å². The third-order valence-corrected chi connectivity index (χ3v) is 5.78. The van der Waals surface area contributed by atoms with Crippen molar-refractivity contribution in [3.63, 3.8) is 0 Å². The Morgan fingerprint density at radius 1 is 1.29 bits per heavy atom. The zero-order chi connectivity index (χ0) is 22.0. The number of nitrogens with zero attached hydrogens (tertiary/aromatic N) is 6. The number of halogens is 1. The Bertz CT molecular complexity index is 1090. The van der Waals surface area contributed by atoms with Gasteiger partial charge in [0.1, 0.15) is 5.52 Å². The second-order valence-electron chi connectivity index (χ2n) is 7.55. The molecule has 1 fully saturated rings. The van der Waals surface area contributed by atoms with E-state index in [1.165, 1.54) is 0 Å². The smallest absolute Gasteiger partial charge is 0.236 e. The number of pyridine rings is 1. The van der Waals surface area contributed by atoms with Crippen molar-refractivity contribution in [3.8, 4) is 0 Å². The van der Waals surface area contributed by atoms with Crippen molar-refractivity contribution in [3.05, 3.63) is 23.1 Å². The number of ether oxygens (including phenoxy) is 1. The molecule has 3 aromatic rings. The van der Waals surface area contributed by atoms with Crippen molar-refractivity contribution in [2.75, 3.05) is 57.9 Å². The molecule has 0 saturated carbocycles. The highest BCUT2D eigenvalue weighted by atomic mass is 35.5. The monoisotopic (exact) mass is 446 g/mol. The van der Waals surface area contributed by atoms with Crippen molar-refractivity contribution in [1.82, 2.24) is 24.8 Å². The molecule has 1 aliphatic rings. The first-order valence-corrected chi connectivity index (χ1v) is 10.9. The maximum absolute atomic E-state index is 12.2. The molecule has 0 atom stereocenters. The molecule has 31 heavy (non-hydrogen) atoms. The molecule has 0 bridgehead atoms. The van der Waals surface area contributed by atoms with Gasteiger partial charge in [0.2, 0.25) is 16.9 Å². The predicted molar refractivity (Wildman–Crippen MR) is 119 cm³/mol. The third-order valence-electron chi connectivity index (χ3n) is 5.61. The van der Waals surface area contributed by atoms with Gasteiger partial charge in [-0.05, 0) is 37.1 Å². The molecule has 166 valence electrons. The summed E-state index contributed by atoms with van der Waals surface area (Å²) in [7, 11) is 1.67. The van der Waals surface area contributed by atoms with E-state index in [0.29, 0.717) is 48.9 Å². The number of amides is 1. The standard InChI is InChI=1S/C21H27ClN6O3/c1-4-27-7-6-26(13-16(27)29)12-14-10-15-17-18(31-20(15)23-11-14)19(25-21(22)24-17)28(5-2)8-9-30-3/h10-11H,4-9,12-13H2,1-3H3. The lowest BCUT2D eigenvalue weighted by Gasteiger charge is -2.33. The summed E-state index contributed by atoms with van der Waals surface area (Å²) in [6, 6.07) is 2.02. The number of aromatic nitrogens is 3. The van der Waals surface area contributed by atoms with Gasteiger partial charge >= 0.3 is 0 Å². The van der Waals surface area contributed by atoms with E-state index < -0.39 is 0 Å². The number of anilines is 1. The van der Waals surface area contributed by atoms with E-state index in [-0.39, 0.29) is 11.2 Å². The summed E-state index contributed by atoms with van der Waals surface area (Å²) in [5, 5.41) is 0.951. The van der Waals surface area contributed by atoms with Crippen molar-refractivity contribution in [2.24, 2.45) is 0 Å². The van der Waals surface area contributed by atoms with Crippen LogP contribution in [0.4, 0.5) is 5.82 Å². The number of carbonyl (C=O) groups is 1. The van der Waals surface area contributed by atoms with Gasteiger partial charge in [-0.2, -0.15) is 4.98 Å². The molecule has 3 aromatic heterocycles. The number of hydrogen-bond acceptors (Lipinski definition) is 8. The van der Waals surface area contributed by atoms with Gasteiger partial charge < -0.3 is 19.0 Å². The van der Waals surface area contributed by atoms with Crippen LogP contribution in [0.2, 0.25) is 5.28 Å². The normalized spacial score (nSPS) is 15.4. The fraction of sp³-hybridized carbons (Fsp3) is 0.524. The minimum absolute atomic E-state index is 0.160. The molecule has 1 aliphatic heterocycles. The number of hydrogen-bond donors (Lipinski definition) is 0. The molecule has 9 nitrogen and oxygen atoms in total. The van der Waals surface area contributed by atoms with Gasteiger partial charge in [0.25, 0.3) is 0 Å². The minimum Gasteiger partial charge on any atom is -0.432 e. The van der Waals surface area contributed by atoms with Crippen LogP contribution in [0.15, 0.2) is 16.7 Å². The molecule has 0 unspecified atom stereocenters. The quantitative estimate of drug-likeness (QED) is 0.488. The number of carbonyl (C=O) groups excluding carboxylic acids is 1. The van der Waals surface area contributed by atoms with E-state index in [2.05, 4.69) is 19.9 Å². The first kappa shape index (κ1) is 21.7. The van der Waals surface area contributed by atoms with Gasteiger partial charge in [0, 0.05) is 52.6 Å². The average molecular weight is 447 g/mol. The van der Waals surface area contributed by atoms with Gasteiger partial charge in [-0.1, -0.05) is 0 Å². The first-order chi connectivity index (χ1) is 15.0. The lowest BCUT2D eigenvalue weighted by atomic mass is 10.2. The van der Waals surface area contributed by atoms with E-state index in [0.717, 1.165) is 37.1 Å². The molecule has 0 aliphatic carbocycles. The van der Waals surface area contributed by atoms with Crippen LogP contribution in [-0.4, -0.2) is 83.6 Å². The Morgan fingerprint density at radius 3 is 2.84 bits per heavy atom. The lowest BCUT2D eigenvalue weighted by Crippen LogP contribution is -2.49. The summed E-state index contributed by atoms with van der Waals surface area (Å²) < 4.78 is 11.3. The molecule has 4 rings (SSSR count). The van der Waals surface area contributed by atoms with Gasteiger partial charge in [0.15, 0.2) is 11.4 Å². The Balaban J connectivity index is 1.66. The molecule has 0 N–H and O–H groups in total. The van der Waals surface area contributed by atoms with Crippen LogP contribution >= 0.6 is 11.6 Å². The van der Waals surface area contributed by atoms with Crippen LogP contribution in [0.25, 0.3) is 22.2 Å². The predicted octanol–water partition coefficient (Wildman–Crippen LogP) is 2.56. The summed E-state index contributed by atoms with van der Waals surface area (Å²) in [6.07, 6.45) is 1.79. The summed E-state index contributed by atoms with van der Waals surface area (Å²) in [5.41, 5.74) is 2.69. The van der Waals surface area contributed by atoms with Crippen molar-refractivity contribution in [1.29, 1.82) is 0 Å². The molecule has 1 amide bonds. The van der Waals surface area contributed by atoms with Crippen LogP contribution in [0.3, 0.4) is 0 Å². The Kier molecular flexibility index (Phi) is 6.54. The van der Waals surface area contributed by atoms with Crippen LogP contribution < -0.4 is 4.90 Å². The topological polar surface area (TPSA) is 87.8 Å². The maximum atomic E-state index is 12.2. The zero-order valence-electron chi connectivity index (χ0n) is 18.1. The number of methoxy groups -OCH3 is 1. The molecule has 0 aromatic carbocycles. The van der Waals surface area contributed by atoms with E-state index in [1.54, 1.807) is 13.3 Å². The lowest BCUT2D eigenvalue weighted by molar-refractivity contribution is -0.135. The number of likely N-dealkylation sites (N-methyl/N-ethyl adjacent to an activating group) is 2. The van der Waals surface area contributed by atoms with Crippen molar-refractivity contribution < 1.29 is 13.9 Å². The average Bonchev–Trinajstić information content (AvgIpc) is 3.12. The van der Waals surface area contributed by atoms with Crippen LogP contribution in [-0.2, 0) is 16.1 Å². The molecule has 0 radical (unpaired) electrons. The van der Waals surface area contributed by atoms with Crippen LogP contribution in [0.1, 0.15) is 19.4 Å². The van der Waals surface area contributed by atoms with E-state index in [4.69, 9.17) is 20.8 Å². The minimum atomic E-state index is 0.160. The second kappa shape index (κ2) is 9.33. The van der Waals surface area contributed by atoms with Crippen molar-refractivity contribution >= 4 is 45.5 Å². The number of piperazine rings is 1. The Hall–Kier alpha value is -2.49.